The summed E-state index contributed by atoms with van der Waals surface area (Å²) in [6, 6.07) is 5.48. The summed E-state index contributed by atoms with van der Waals surface area (Å²) in [5, 5.41) is 1.44. The van der Waals surface area contributed by atoms with Gasteiger partial charge in [-0.15, -0.1) is 0 Å². The Hall–Kier alpha value is -1.42. The van der Waals surface area contributed by atoms with Crippen molar-refractivity contribution in [2.45, 2.75) is 45.3 Å². The third-order valence-corrected chi connectivity index (χ3v) is 3.62. The number of hydroxylamine groups is 2. The molecule has 0 N–H and O–H groups in total. The molecule has 0 aromatic heterocycles. The first-order valence-electron chi connectivity index (χ1n) is 6.85. The molecule has 21 heavy (non-hydrogen) atoms. The molecule has 4 nitrogen and oxygen atoms in total. The van der Waals surface area contributed by atoms with Gasteiger partial charge in [-0.25, -0.2) is 9.86 Å². The SMILES string of the molecule is CC(C)(C)ON1C(=O)c2cc(Br)ccc2C1CCC=C=O. The van der Waals surface area contributed by atoms with Gasteiger partial charge in [0.1, 0.15) is 5.94 Å². The number of nitrogens with zero attached hydrogens (tertiary/aromatic N) is 1. The standard InChI is InChI=1S/C16H18BrNO3/c1-16(2,3)21-18-14(6-4-5-9-19)12-8-7-11(17)10-13(12)15(18)20/h5,7-8,10,14H,4,6H2,1-3H3. The van der Waals surface area contributed by atoms with Crippen molar-refractivity contribution in [3.63, 3.8) is 0 Å². The third-order valence-electron chi connectivity index (χ3n) is 3.13. The Morgan fingerprint density at radius 3 is 2.76 bits per heavy atom. The van der Waals surface area contributed by atoms with Gasteiger partial charge in [0, 0.05) is 10.0 Å². The molecule has 1 amide bonds. The highest BCUT2D eigenvalue weighted by molar-refractivity contribution is 9.10. The van der Waals surface area contributed by atoms with Gasteiger partial charge in [-0.05, 0) is 57.4 Å². The van der Waals surface area contributed by atoms with E-state index >= 15 is 0 Å². The van der Waals surface area contributed by atoms with Crippen LogP contribution in [0.1, 0.15) is 55.6 Å². The van der Waals surface area contributed by atoms with E-state index in [4.69, 9.17) is 4.84 Å². The van der Waals surface area contributed by atoms with E-state index in [9.17, 15) is 9.59 Å². The van der Waals surface area contributed by atoms with Crippen LogP contribution in [-0.2, 0) is 9.63 Å². The normalized spacial score (nSPS) is 17.6. The van der Waals surface area contributed by atoms with Gasteiger partial charge >= 0.3 is 0 Å². The highest BCUT2D eigenvalue weighted by Crippen LogP contribution is 2.39. The van der Waals surface area contributed by atoms with Crippen LogP contribution in [0.5, 0.6) is 0 Å². The summed E-state index contributed by atoms with van der Waals surface area (Å²) in [6.07, 6.45) is 2.63. The number of benzene rings is 1. The van der Waals surface area contributed by atoms with Crippen molar-refractivity contribution in [3.05, 3.63) is 39.9 Å². The lowest BCUT2D eigenvalue weighted by Crippen LogP contribution is -2.36. The Kier molecular flexibility index (Phi) is 4.67. The lowest BCUT2D eigenvalue weighted by atomic mass is 10.0. The fourth-order valence-corrected chi connectivity index (χ4v) is 2.72. The van der Waals surface area contributed by atoms with Gasteiger partial charge < -0.3 is 0 Å². The van der Waals surface area contributed by atoms with E-state index in [-0.39, 0.29) is 11.9 Å². The van der Waals surface area contributed by atoms with Crippen molar-refractivity contribution in [1.82, 2.24) is 5.06 Å². The van der Waals surface area contributed by atoms with Gasteiger partial charge in [0.25, 0.3) is 5.91 Å². The molecule has 112 valence electrons. The van der Waals surface area contributed by atoms with E-state index in [0.29, 0.717) is 18.4 Å². The number of halogens is 1. The average molecular weight is 352 g/mol. The second-order valence-electron chi connectivity index (χ2n) is 5.98. The second kappa shape index (κ2) is 6.14. The minimum Gasteiger partial charge on any atom is -0.267 e. The summed E-state index contributed by atoms with van der Waals surface area (Å²) in [5.41, 5.74) is 1.12. The Labute approximate surface area is 132 Å². The summed E-state index contributed by atoms with van der Waals surface area (Å²) in [7, 11) is 0. The zero-order valence-corrected chi connectivity index (χ0v) is 13.9. The number of amides is 1. The molecular weight excluding hydrogens is 334 g/mol. The first-order valence-corrected chi connectivity index (χ1v) is 7.64. The second-order valence-corrected chi connectivity index (χ2v) is 6.90. The quantitative estimate of drug-likeness (QED) is 0.774. The van der Waals surface area contributed by atoms with E-state index < -0.39 is 5.60 Å². The van der Waals surface area contributed by atoms with E-state index in [1.165, 1.54) is 11.1 Å². The van der Waals surface area contributed by atoms with Gasteiger partial charge in [0.05, 0.1) is 11.6 Å². The molecule has 2 rings (SSSR count). The fraction of sp³-hybridized carbons (Fsp3) is 0.438. The van der Waals surface area contributed by atoms with Crippen molar-refractivity contribution in [2.75, 3.05) is 0 Å². The van der Waals surface area contributed by atoms with E-state index in [0.717, 1.165) is 10.0 Å². The minimum atomic E-state index is -0.465. The van der Waals surface area contributed by atoms with Crippen LogP contribution >= 0.6 is 15.9 Å². The highest BCUT2D eigenvalue weighted by Gasteiger charge is 2.39. The molecule has 1 aliphatic heterocycles. The molecule has 1 aliphatic rings. The number of rotatable bonds is 4. The van der Waals surface area contributed by atoms with Gasteiger partial charge in [0.2, 0.25) is 0 Å². The number of fused-ring (bicyclic) bond motifs is 1. The third kappa shape index (κ3) is 3.62. The van der Waals surface area contributed by atoms with Crippen molar-refractivity contribution in [3.8, 4) is 0 Å². The summed E-state index contributed by atoms with van der Waals surface area (Å²) < 4.78 is 0.860. The van der Waals surface area contributed by atoms with Crippen LogP contribution in [-0.4, -0.2) is 22.5 Å². The van der Waals surface area contributed by atoms with Crippen LogP contribution in [0.4, 0.5) is 0 Å². The molecule has 0 aliphatic carbocycles. The smallest absolute Gasteiger partial charge is 0.267 e. The van der Waals surface area contributed by atoms with Crippen LogP contribution in [0.2, 0.25) is 0 Å². The molecular formula is C16H18BrNO3. The Morgan fingerprint density at radius 1 is 1.43 bits per heavy atom. The number of hydrogen-bond donors (Lipinski definition) is 0. The van der Waals surface area contributed by atoms with Crippen LogP contribution in [0.25, 0.3) is 0 Å². The molecule has 5 heteroatoms. The minimum absolute atomic E-state index is 0.138. The Morgan fingerprint density at radius 2 is 2.14 bits per heavy atom. The lowest BCUT2D eigenvalue weighted by molar-refractivity contribution is -0.214. The summed E-state index contributed by atoms with van der Waals surface area (Å²) in [6.45, 7) is 5.71. The van der Waals surface area contributed by atoms with Crippen molar-refractivity contribution in [2.24, 2.45) is 0 Å². The van der Waals surface area contributed by atoms with Crippen LogP contribution in [0, 0.1) is 0 Å². The summed E-state index contributed by atoms with van der Waals surface area (Å²) >= 11 is 3.39. The van der Waals surface area contributed by atoms with Gasteiger partial charge in [-0.2, -0.15) is 0 Å². The lowest BCUT2D eigenvalue weighted by Gasteiger charge is -2.31. The van der Waals surface area contributed by atoms with E-state index in [1.807, 2.05) is 39.0 Å². The molecule has 0 spiro atoms. The molecule has 0 bridgehead atoms. The molecule has 0 saturated heterocycles. The molecule has 1 atom stereocenters. The number of hydrogen-bond acceptors (Lipinski definition) is 3. The molecule has 0 saturated carbocycles. The Balaban J connectivity index is 2.35. The maximum Gasteiger partial charge on any atom is 0.278 e. The molecule has 1 aromatic carbocycles. The van der Waals surface area contributed by atoms with Crippen LogP contribution in [0.3, 0.4) is 0 Å². The zero-order chi connectivity index (χ0) is 15.6. The molecule has 1 unspecified atom stereocenters. The molecule has 1 heterocycles. The number of carbonyl (C=O) groups is 1. The zero-order valence-electron chi connectivity index (χ0n) is 12.4. The largest absolute Gasteiger partial charge is 0.278 e. The van der Waals surface area contributed by atoms with Crippen LogP contribution < -0.4 is 0 Å². The van der Waals surface area contributed by atoms with Gasteiger partial charge in [-0.3, -0.25) is 9.63 Å². The molecule has 1 aromatic rings. The monoisotopic (exact) mass is 351 g/mol. The summed E-state index contributed by atoms with van der Waals surface area (Å²) in [5.74, 6) is 1.63. The number of allylic oxidation sites excluding steroid dienone is 1. The number of carbonyl (C=O) groups excluding carboxylic acids is 2. The first kappa shape index (κ1) is 16.0. The fourth-order valence-electron chi connectivity index (χ4n) is 2.36. The van der Waals surface area contributed by atoms with E-state index in [2.05, 4.69) is 15.9 Å². The molecule has 0 fully saturated rings. The first-order chi connectivity index (χ1) is 9.83. The maximum atomic E-state index is 12.6. The predicted molar refractivity (Wildman–Crippen MR) is 83.4 cm³/mol. The van der Waals surface area contributed by atoms with Gasteiger partial charge in [0.15, 0.2) is 0 Å². The Bertz CT molecular complexity index is 600. The topological polar surface area (TPSA) is 46.6 Å². The predicted octanol–water partition coefficient (Wildman–Crippen LogP) is 3.84. The van der Waals surface area contributed by atoms with Crippen molar-refractivity contribution in [1.29, 1.82) is 0 Å². The van der Waals surface area contributed by atoms with Crippen LogP contribution in [0.15, 0.2) is 28.7 Å². The highest BCUT2D eigenvalue weighted by atomic mass is 79.9. The molecule has 0 radical (unpaired) electrons. The van der Waals surface area contributed by atoms with Gasteiger partial charge in [-0.1, -0.05) is 22.0 Å². The summed E-state index contributed by atoms with van der Waals surface area (Å²) in [4.78, 5) is 28.7. The van der Waals surface area contributed by atoms with Crippen molar-refractivity contribution < 1.29 is 14.4 Å². The maximum absolute atomic E-state index is 12.6. The van der Waals surface area contributed by atoms with E-state index in [1.54, 1.807) is 5.94 Å². The average Bonchev–Trinajstić information content (AvgIpc) is 2.63. The van der Waals surface area contributed by atoms with Crippen molar-refractivity contribution >= 4 is 27.8 Å².